The van der Waals surface area contributed by atoms with Crippen LogP contribution in [0.2, 0.25) is 0 Å². The van der Waals surface area contributed by atoms with E-state index >= 15 is 0 Å². The molecule has 0 aromatic heterocycles. The summed E-state index contributed by atoms with van der Waals surface area (Å²) in [5.74, 6) is -0.876. The third-order valence-corrected chi connectivity index (χ3v) is 1.65. The van der Waals surface area contributed by atoms with Crippen LogP contribution in [0.4, 0.5) is 0 Å². The molecule has 0 atom stereocenters. The standard InChI is InChI=1S/C6H8O3S/c1-4(6(8)9)3-10-5(2)7/h1,3H2,2H3,(H,8,9). The Kier molecular flexibility index (Phi) is 3.79. The van der Waals surface area contributed by atoms with Gasteiger partial charge in [0.15, 0.2) is 5.12 Å². The molecule has 0 saturated heterocycles. The first-order chi connectivity index (χ1) is 4.54. The van der Waals surface area contributed by atoms with Gasteiger partial charge >= 0.3 is 5.97 Å². The Hall–Kier alpha value is -0.770. The van der Waals surface area contributed by atoms with E-state index in [2.05, 4.69) is 6.58 Å². The van der Waals surface area contributed by atoms with Crippen molar-refractivity contribution >= 4 is 22.8 Å². The minimum atomic E-state index is -1.05. The number of carbonyl (C=O) groups excluding carboxylic acids is 1. The maximum absolute atomic E-state index is 10.3. The second-order valence-corrected chi connectivity index (χ2v) is 2.84. The van der Waals surface area contributed by atoms with Crippen molar-refractivity contribution in [3.05, 3.63) is 12.2 Å². The lowest BCUT2D eigenvalue weighted by Crippen LogP contribution is -2.02. The normalized spacial score (nSPS) is 8.90. The van der Waals surface area contributed by atoms with E-state index in [1.807, 2.05) is 0 Å². The van der Waals surface area contributed by atoms with Crippen molar-refractivity contribution in [1.29, 1.82) is 0 Å². The summed E-state index contributed by atoms with van der Waals surface area (Å²) in [4.78, 5) is 20.4. The summed E-state index contributed by atoms with van der Waals surface area (Å²) in [6.07, 6.45) is 0. The van der Waals surface area contributed by atoms with Crippen molar-refractivity contribution in [2.75, 3.05) is 5.75 Å². The van der Waals surface area contributed by atoms with Crippen LogP contribution in [0.3, 0.4) is 0 Å². The highest BCUT2D eigenvalue weighted by Gasteiger charge is 2.04. The molecular formula is C6H8O3S. The van der Waals surface area contributed by atoms with Crippen molar-refractivity contribution in [2.24, 2.45) is 0 Å². The first kappa shape index (κ1) is 9.23. The highest BCUT2D eigenvalue weighted by atomic mass is 32.2. The van der Waals surface area contributed by atoms with Gasteiger partial charge in [-0.3, -0.25) is 4.79 Å². The fourth-order valence-electron chi connectivity index (χ4n) is 0.250. The highest BCUT2D eigenvalue weighted by molar-refractivity contribution is 8.13. The van der Waals surface area contributed by atoms with E-state index in [9.17, 15) is 9.59 Å². The molecule has 0 aliphatic rings. The van der Waals surface area contributed by atoms with Gasteiger partial charge in [-0.25, -0.2) is 4.79 Å². The maximum atomic E-state index is 10.3. The molecule has 56 valence electrons. The van der Waals surface area contributed by atoms with Crippen LogP contribution in [0.15, 0.2) is 12.2 Å². The molecule has 0 rings (SSSR count). The highest BCUT2D eigenvalue weighted by Crippen LogP contribution is 2.06. The predicted octanol–water partition coefficient (Wildman–Crippen LogP) is 0.907. The number of carboxylic acids is 1. The molecule has 10 heavy (non-hydrogen) atoms. The zero-order valence-corrected chi connectivity index (χ0v) is 6.40. The van der Waals surface area contributed by atoms with Gasteiger partial charge < -0.3 is 5.11 Å². The van der Waals surface area contributed by atoms with E-state index in [1.165, 1.54) is 6.92 Å². The maximum Gasteiger partial charge on any atom is 0.331 e. The molecule has 0 bridgehead atoms. The predicted molar refractivity (Wildman–Crippen MR) is 39.9 cm³/mol. The van der Waals surface area contributed by atoms with Crippen LogP contribution in [0.1, 0.15) is 6.92 Å². The molecule has 0 aromatic carbocycles. The van der Waals surface area contributed by atoms with E-state index in [1.54, 1.807) is 0 Å². The Morgan fingerprint density at radius 2 is 2.10 bits per heavy atom. The SMILES string of the molecule is C=C(CSC(C)=O)C(=O)O. The van der Waals surface area contributed by atoms with Crippen molar-refractivity contribution < 1.29 is 14.7 Å². The quantitative estimate of drug-likeness (QED) is 0.623. The lowest BCUT2D eigenvalue weighted by Gasteiger charge is -1.94. The Balaban J connectivity index is 3.60. The average Bonchev–Trinajstić information content (AvgIpc) is 1.82. The number of thioether (sulfide) groups is 1. The van der Waals surface area contributed by atoms with Crippen LogP contribution in [0, 0.1) is 0 Å². The average molecular weight is 160 g/mol. The van der Waals surface area contributed by atoms with Crippen molar-refractivity contribution in [3.8, 4) is 0 Å². The number of hydrogen-bond donors (Lipinski definition) is 1. The van der Waals surface area contributed by atoms with Gasteiger partial charge in [0.1, 0.15) is 0 Å². The van der Waals surface area contributed by atoms with Gasteiger partial charge in [-0.05, 0) is 0 Å². The minimum absolute atomic E-state index is 0.0557. The Morgan fingerprint density at radius 3 is 2.40 bits per heavy atom. The van der Waals surface area contributed by atoms with Crippen LogP contribution in [0.25, 0.3) is 0 Å². The summed E-state index contributed by atoms with van der Waals surface area (Å²) in [5.41, 5.74) is 0.0557. The third kappa shape index (κ3) is 4.14. The second-order valence-electron chi connectivity index (χ2n) is 1.69. The number of aliphatic carboxylic acids is 1. The summed E-state index contributed by atoms with van der Waals surface area (Å²) in [5, 5.41) is 8.18. The van der Waals surface area contributed by atoms with Gasteiger partial charge in [0.2, 0.25) is 0 Å². The molecule has 0 aromatic rings. The van der Waals surface area contributed by atoms with Gasteiger partial charge in [-0.15, -0.1) is 0 Å². The Labute approximate surface area is 63.1 Å². The largest absolute Gasteiger partial charge is 0.478 e. The molecule has 4 heteroatoms. The van der Waals surface area contributed by atoms with Crippen LogP contribution in [0.5, 0.6) is 0 Å². The molecule has 0 heterocycles. The molecule has 1 N–H and O–H groups in total. The molecule has 0 radical (unpaired) electrons. The Morgan fingerprint density at radius 1 is 1.60 bits per heavy atom. The molecule has 0 amide bonds. The van der Waals surface area contributed by atoms with Crippen LogP contribution in [-0.2, 0) is 9.59 Å². The van der Waals surface area contributed by atoms with Crippen LogP contribution >= 0.6 is 11.8 Å². The van der Waals surface area contributed by atoms with Gasteiger partial charge in [-0.1, -0.05) is 18.3 Å². The summed E-state index contributed by atoms with van der Waals surface area (Å²) < 4.78 is 0. The molecule has 3 nitrogen and oxygen atoms in total. The van der Waals surface area contributed by atoms with E-state index < -0.39 is 5.97 Å². The monoisotopic (exact) mass is 160 g/mol. The number of rotatable bonds is 3. The topological polar surface area (TPSA) is 54.4 Å². The first-order valence-corrected chi connectivity index (χ1v) is 3.57. The number of carboxylic acid groups (broad SMARTS) is 1. The molecule has 0 unspecified atom stereocenters. The molecule has 0 saturated carbocycles. The van der Waals surface area contributed by atoms with E-state index in [-0.39, 0.29) is 16.4 Å². The lowest BCUT2D eigenvalue weighted by molar-refractivity contribution is -0.132. The molecule has 0 aliphatic heterocycles. The number of hydrogen-bond acceptors (Lipinski definition) is 3. The van der Waals surface area contributed by atoms with E-state index in [4.69, 9.17) is 5.11 Å². The third-order valence-electron chi connectivity index (χ3n) is 0.752. The van der Waals surface area contributed by atoms with Gasteiger partial charge in [-0.2, -0.15) is 0 Å². The summed E-state index contributed by atoms with van der Waals surface area (Å²) in [6.45, 7) is 4.64. The van der Waals surface area contributed by atoms with Gasteiger partial charge in [0.05, 0.1) is 0 Å². The van der Waals surface area contributed by atoms with Gasteiger partial charge in [0, 0.05) is 18.2 Å². The number of carbonyl (C=O) groups is 2. The van der Waals surface area contributed by atoms with Crippen LogP contribution in [-0.4, -0.2) is 21.9 Å². The minimum Gasteiger partial charge on any atom is -0.478 e. The van der Waals surface area contributed by atoms with Crippen LogP contribution < -0.4 is 0 Å². The van der Waals surface area contributed by atoms with Crippen molar-refractivity contribution in [3.63, 3.8) is 0 Å². The fraction of sp³-hybridized carbons (Fsp3) is 0.333. The molecular weight excluding hydrogens is 152 g/mol. The van der Waals surface area contributed by atoms with Crippen molar-refractivity contribution in [1.82, 2.24) is 0 Å². The van der Waals surface area contributed by atoms with Gasteiger partial charge in [0.25, 0.3) is 0 Å². The molecule has 0 fully saturated rings. The molecule has 0 aliphatic carbocycles. The van der Waals surface area contributed by atoms with E-state index in [0.717, 1.165) is 11.8 Å². The Bertz CT molecular complexity index is 174. The van der Waals surface area contributed by atoms with E-state index in [0.29, 0.717) is 0 Å². The smallest absolute Gasteiger partial charge is 0.331 e. The second kappa shape index (κ2) is 4.11. The zero-order valence-electron chi connectivity index (χ0n) is 5.59. The zero-order chi connectivity index (χ0) is 8.15. The summed E-state index contributed by atoms with van der Waals surface area (Å²) in [6, 6.07) is 0. The fourth-order valence-corrected chi connectivity index (χ4v) is 0.751. The van der Waals surface area contributed by atoms with Crippen molar-refractivity contribution in [2.45, 2.75) is 6.92 Å². The first-order valence-electron chi connectivity index (χ1n) is 2.58. The lowest BCUT2D eigenvalue weighted by atomic mass is 10.4. The summed E-state index contributed by atoms with van der Waals surface area (Å²) in [7, 11) is 0. The molecule has 0 spiro atoms. The summed E-state index contributed by atoms with van der Waals surface area (Å²) >= 11 is 0.948.